The summed E-state index contributed by atoms with van der Waals surface area (Å²) in [4.78, 5) is 20.5. The van der Waals surface area contributed by atoms with Crippen LogP contribution in [0.2, 0.25) is 0 Å². The number of para-hydroxylation sites is 1. The average molecular weight is 395 g/mol. The maximum atomic E-state index is 13.0. The lowest BCUT2D eigenvalue weighted by atomic mass is 9.95. The van der Waals surface area contributed by atoms with Crippen molar-refractivity contribution in [3.05, 3.63) is 47.2 Å². The van der Waals surface area contributed by atoms with E-state index >= 15 is 0 Å². The lowest BCUT2D eigenvalue weighted by Gasteiger charge is -2.31. The van der Waals surface area contributed by atoms with Gasteiger partial charge in [-0.3, -0.25) is 4.79 Å². The Morgan fingerprint density at radius 1 is 1.21 bits per heavy atom. The van der Waals surface area contributed by atoms with Crippen LogP contribution in [0.4, 0.5) is 0 Å². The molecule has 0 unspecified atom stereocenters. The number of likely N-dealkylation sites (tertiary alicyclic amines) is 1. The molecule has 0 radical (unpaired) electrons. The van der Waals surface area contributed by atoms with Gasteiger partial charge in [0.2, 0.25) is 5.91 Å². The number of aromatic amines is 1. The topological polar surface area (TPSA) is 70.1 Å². The smallest absolute Gasteiger partial charge is 0.227 e. The quantitative estimate of drug-likeness (QED) is 0.722. The molecule has 0 saturated carbocycles. The van der Waals surface area contributed by atoms with Crippen LogP contribution >= 0.6 is 0 Å². The lowest BCUT2D eigenvalue weighted by Crippen LogP contribution is -2.39. The van der Waals surface area contributed by atoms with Crippen molar-refractivity contribution < 1.29 is 4.79 Å². The van der Waals surface area contributed by atoms with Gasteiger partial charge in [0.15, 0.2) is 0 Å². The number of hydrogen-bond acceptors (Lipinski definition) is 4. The molecule has 7 nitrogen and oxygen atoms in total. The molecule has 1 amide bonds. The van der Waals surface area contributed by atoms with Gasteiger partial charge in [0.05, 0.1) is 13.0 Å². The van der Waals surface area contributed by atoms with E-state index in [1.807, 2.05) is 45.1 Å². The highest BCUT2D eigenvalue weighted by atomic mass is 16.2. The number of rotatable bonds is 5. The molecule has 2 aromatic heterocycles. The predicted octanol–water partition coefficient (Wildman–Crippen LogP) is 2.62. The largest absolute Gasteiger partial charge is 0.358 e. The Morgan fingerprint density at radius 2 is 1.93 bits per heavy atom. The number of amides is 1. The number of nitrogens with one attached hydrogen (secondary N) is 1. The van der Waals surface area contributed by atoms with Gasteiger partial charge in [0, 0.05) is 42.7 Å². The molecule has 0 aliphatic carbocycles. The monoisotopic (exact) mass is 394 g/mol. The molecule has 3 aromatic rings. The molecule has 0 atom stereocenters. The minimum absolute atomic E-state index is 0.211. The first-order valence-electron chi connectivity index (χ1n) is 10.3. The normalized spacial score (nSPS) is 15.6. The molecule has 7 heteroatoms. The maximum absolute atomic E-state index is 13.0. The summed E-state index contributed by atoms with van der Waals surface area (Å²) in [5.41, 5.74) is 3.30. The summed E-state index contributed by atoms with van der Waals surface area (Å²) in [7, 11) is 6.12. The zero-order valence-electron chi connectivity index (χ0n) is 17.8. The van der Waals surface area contributed by atoms with Crippen LogP contribution in [0.15, 0.2) is 24.3 Å². The number of nitrogens with zero attached hydrogens (tertiary/aromatic N) is 5. The Bertz CT molecular complexity index is 1010. The number of carbonyl (C=O) groups excluding carboxylic acids is 1. The summed E-state index contributed by atoms with van der Waals surface area (Å²) in [6.45, 7) is 4.39. The number of piperidine rings is 1. The summed E-state index contributed by atoms with van der Waals surface area (Å²) in [6.07, 6.45) is 2.33. The fraction of sp³-hybridized carbons (Fsp3) is 0.500. The van der Waals surface area contributed by atoms with E-state index in [1.54, 1.807) is 0 Å². The summed E-state index contributed by atoms with van der Waals surface area (Å²) in [6, 6.07) is 8.20. The van der Waals surface area contributed by atoms with Crippen molar-refractivity contribution in [1.29, 1.82) is 0 Å². The van der Waals surface area contributed by atoms with Crippen LogP contribution in [0.1, 0.15) is 41.7 Å². The zero-order chi connectivity index (χ0) is 20.5. The van der Waals surface area contributed by atoms with Crippen LogP contribution in [0.25, 0.3) is 10.9 Å². The first-order valence-corrected chi connectivity index (χ1v) is 10.3. The molecule has 4 rings (SSSR count). The van der Waals surface area contributed by atoms with E-state index in [4.69, 9.17) is 0 Å². The van der Waals surface area contributed by atoms with Crippen molar-refractivity contribution in [2.45, 2.75) is 38.6 Å². The van der Waals surface area contributed by atoms with Crippen molar-refractivity contribution in [3.8, 4) is 0 Å². The third-order valence-electron chi connectivity index (χ3n) is 6.02. The van der Waals surface area contributed by atoms with Gasteiger partial charge in [-0.15, -0.1) is 10.2 Å². The average Bonchev–Trinajstić information content (AvgIpc) is 3.21. The SMILES string of the molecule is Cc1[nH]c2ccccc2c1CC(=O)N1CCC(c2nnc(CN(C)C)n2C)CC1. The van der Waals surface area contributed by atoms with E-state index in [9.17, 15) is 4.79 Å². The molecule has 1 N–H and O–H groups in total. The Balaban J connectivity index is 1.40. The number of benzene rings is 1. The molecule has 1 saturated heterocycles. The van der Waals surface area contributed by atoms with E-state index < -0.39 is 0 Å². The molecule has 3 heterocycles. The third kappa shape index (κ3) is 3.92. The highest BCUT2D eigenvalue weighted by Crippen LogP contribution is 2.28. The fourth-order valence-corrected chi connectivity index (χ4v) is 4.36. The summed E-state index contributed by atoms with van der Waals surface area (Å²) >= 11 is 0. The molecule has 29 heavy (non-hydrogen) atoms. The molecule has 1 aromatic carbocycles. The number of H-pyrrole nitrogens is 1. The van der Waals surface area contributed by atoms with Gasteiger partial charge in [0.1, 0.15) is 11.6 Å². The van der Waals surface area contributed by atoms with E-state index in [-0.39, 0.29) is 5.91 Å². The summed E-state index contributed by atoms with van der Waals surface area (Å²) in [5, 5.41) is 9.96. The van der Waals surface area contributed by atoms with Crippen LogP contribution in [-0.4, -0.2) is 62.6 Å². The van der Waals surface area contributed by atoms with Gasteiger partial charge >= 0.3 is 0 Å². The number of carbonyl (C=O) groups is 1. The van der Waals surface area contributed by atoms with Crippen molar-refractivity contribution in [3.63, 3.8) is 0 Å². The van der Waals surface area contributed by atoms with Gasteiger partial charge in [0.25, 0.3) is 0 Å². The zero-order valence-corrected chi connectivity index (χ0v) is 17.8. The van der Waals surface area contributed by atoms with E-state index in [0.717, 1.165) is 66.3 Å². The molecular weight excluding hydrogens is 364 g/mol. The van der Waals surface area contributed by atoms with Crippen LogP contribution in [0.3, 0.4) is 0 Å². The number of aryl methyl sites for hydroxylation is 1. The van der Waals surface area contributed by atoms with Crippen molar-refractivity contribution in [2.75, 3.05) is 27.2 Å². The number of fused-ring (bicyclic) bond motifs is 1. The molecular formula is C22H30N6O. The van der Waals surface area contributed by atoms with E-state index in [2.05, 4.69) is 36.8 Å². The minimum atomic E-state index is 0.211. The van der Waals surface area contributed by atoms with Crippen molar-refractivity contribution >= 4 is 16.8 Å². The van der Waals surface area contributed by atoms with Gasteiger partial charge in [-0.25, -0.2) is 0 Å². The second-order valence-corrected chi connectivity index (χ2v) is 8.38. The van der Waals surface area contributed by atoms with Crippen LogP contribution in [-0.2, 0) is 24.8 Å². The Labute approximate surface area is 171 Å². The Kier molecular flexibility index (Phi) is 5.41. The van der Waals surface area contributed by atoms with Gasteiger partial charge < -0.3 is 19.4 Å². The number of hydrogen-bond donors (Lipinski definition) is 1. The second-order valence-electron chi connectivity index (χ2n) is 8.38. The molecule has 0 bridgehead atoms. The molecule has 0 spiro atoms. The van der Waals surface area contributed by atoms with Crippen LogP contribution in [0.5, 0.6) is 0 Å². The maximum Gasteiger partial charge on any atom is 0.227 e. The van der Waals surface area contributed by atoms with E-state index in [1.165, 1.54) is 0 Å². The predicted molar refractivity (Wildman–Crippen MR) is 114 cm³/mol. The van der Waals surface area contributed by atoms with Crippen molar-refractivity contribution in [1.82, 2.24) is 29.5 Å². The molecule has 1 aliphatic rings. The molecule has 1 aliphatic heterocycles. The molecule has 1 fully saturated rings. The van der Waals surface area contributed by atoms with Gasteiger partial charge in [-0.1, -0.05) is 18.2 Å². The van der Waals surface area contributed by atoms with Crippen LogP contribution < -0.4 is 0 Å². The third-order valence-corrected chi connectivity index (χ3v) is 6.02. The summed E-state index contributed by atoms with van der Waals surface area (Å²) < 4.78 is 2.12. The van der Waals surface area contributed by atoms with Gasteiger partial charge in [-0.05, 0) is 45.5 Å². The lowest BCUT2D eigenvalue weighted by molar-refractivity contribution is -0.131. The van der Waals surface area contributed by atoms with E-state index in [0.29, 0.717) is 12.3 Å². The minimum Gasteiger partial charge on any atom is -0.358 e. The first kappa shape index (κ1) is 19.6. The highest BCUT2D eigenvalue weighted by molar-refractivity contribution is 5.90. The molecule has 154 valence electrons. The fourth-order valence-electron chi connectivity index (χ4n) is 4.36. The van der Waals surface area contributed by atoms with Crippen molar-refractivity contribution in [2.24, 2.45) is 7.05 Å². The standard InChI is InChI=1S/C22H30N6O/c1-15-18(17-7-5-6-8-19(17)23-15)13-21(29)28-11-9-16(10-12-28)22-25-24-20(27(22)4)14-26(2)3/h5-8,16,23H,9-14H2,1-4H3. The first-order chi connectivity index (χ1) is 13.9. The Morgan fingerprint density at radius 3 is 2.66 bits per heavy atom. The number of aromatic nitrogens is 4. The van der Waals surface area contributed by atoms with Gasteiger partial charge in [-0.2, -0.15) is 0 Å². The Hall–Kier alpha value is -2.67. The van der Waals surface area contributed by atoms with Crippen LogP contribution in [0, 0.1) is 6.92 Å². The second kappa shape index (κ2) is 7.99. The summed E-state index contributed by atoms with van der Waals surface area (Å²) in [5.74, 6) is 2.60. The highest BCUT2D eigenvalue weighted by Gasteiger charge is 2.28.